The van der Waals surface area contributed by atoms with Gasteiger partial charge in [0.2, 0.25) is 0 Å². The van der Waals surface area contributed by atoms with Crippen molar-refractivity contribution in [2.45, 2.75) is 77.7 Å². The molecule has 2 rings (SSSR count). The highest BCUT2D eigenvalue weighted by atomic mass is 16.5. The lowest BCUT2D eigenvalue weighted by Crippen LogP contribution is -2.05. The summed E-state index contributed by atoms with van der Waals surface area (Å²) in [6, 6.07) is 11.8. The Morgan fingerprint density at radius 3 is 2.32 bits per heavy atom. The van der Waals surface area contributed by atoms with E-state index >= 15 is 0 Å². The number of carbonyl (C=O) groups is 1. The van der Waals surface area contributed by atoms with Gasteiger partial charge >= 0.3 is 5.97 Å². The highest BCUT2D eigenvalue weighted by Gasteiger charge is 2.11. The van der Waals surface area contributed by atoms with Gasteiger partial charge in [0.15, 0.2) is 0 Å². The van der Waals surface area contributed by atoms with Crippen LogP contribution < -0.4 is 9.47 Å². The molecule has 0 aliphatic heterocycles. The van der Waals surface area contributed by atoms with Crippen molar-refractivity contribution in [3.8, 4) is 11.5 Å². The van der Waals surface area contributed by atoms with E-state index in [1.54, 1.807) is 25.3 Å². The number of aliphatic hydroxyl groups is 1. The number of carboxylic acid groups (broad SMARTS) is 1. The van der Waals surface area contributed by atoms with Gasteiger partial charge in [-0.05, 0) is 68.0 Å². The molecule has 6 heteroatoms. The molecule has 0 saturated carbocycles. The Balaban J connectivity index is 1.73. The maximum absolute atomic E-state index is 11.6. The molecule has 0 radical (unpaired) electrons. The van der Waals surface area contributed by atoms with Crippen LogP contribution in [0.4, 0.5) is 0 Å². The van der Waals surface area contributed by atoms with E-state index in [2.05, 4.69) is 17.1 Å². The summed E-state index contributed by atoms with van der Waals surface area (Å²) in [5, 5.41) is 18.9. The Kier molecular flexibility index (Phi) is 12.8. The second kappa shape index (κ2) is 15.9. The van der Waals surface area contributed by atoms with Crippen LogP contribution in [0.5, 0.6) is 11.5 Å². The Morgan fingerprint density at radius 1 is 0.971 bits per heavy atom. The number of unbranched alkanes of at least 4 members (excludes halogenated alkanes) is 6. The molecule has 0 unspecified atom stereocenters. The zero-order chi connectivity index (χ0) is 24.6. The van der Waals surface area contributed by atoms with Gasteiger partial charge in [0, 0.05) is 5.57 Å². The quantitative estimate of drug-likeness (QED) is 0.212. The van der Waals surface area contributed by atoms with Crippen molar-refractivity contribution in [3.63, 3.8) is 0 Å². The monoisotopic (exact) mass is 469 g/mol. The SMILES string of the molecule is CCCC/C(=C\c1nc(CO)ccc1OCCCCCCCCc1ccc(OC)cc1)C(=O)O. The maximum Gasteiger partial charge on any atom is 0.331 e. The third-order valence-corrected chi connectivity index (χ3v) is 5.77. The predicted molar refractivity (Wildman–Crippen MR) is 135 cm³/mol. The lowest BCUT2D eigenvalue weighted by Gasteiger charge is -2.11. The number of hydrogen-bond acceptors (Lipinski definition) is 5. The smallest absolute Gasteiger partial charge is 0.331 e. The third-order valence-electron chi connectivity index (χ3n) is 5.77. The molecular weight excluding hydrogens is 430 g/mol. The molecule has 1 aromatic carbocycles. The number of methoxy groups -OCH3 is 1. The summed E-state index contributed by atoms with van der Waals surface area (Å²) >= 11 is 0. The molecule has 0 aliphatic carbocycles. The number of aliphatic hydroxyl groups excluding tert-OH is 1. The first-order valence-corrected chi connectivity index (χ1v) is 12.4. The van der Waals surface area contributed by atoms with Crippen LogP contribution in [-0.2, 0) is 17.8 Å². The molecule has 1 aromatic heterocycles. The number of hydrogen-bond donors (Lipinski definition) is 2. The van der Waals surface area contributed by atoms with E-state index in [9.17, 15) is 15.0 Å². The molecule has 34 heavy (non-hydrogen) atoms. The van der Waals surface area contributed by atoms with Gasteiger partial charge in [0.25, 0.3) is 0 Å². The fraction of sp³-hybridized carbons (Fsp3) is 0.500. The molecule has 186 valence electrons. The van der Waals surface area contributed by atoms with Gasteiger partial charge < -0.3 is 19.7 Å². The molecule has 0 amide bonds. The summed E-state index contributed by atoms with van der Waals surface area (Å²) < 4.78 is 11.1. The number of aliphatic carboxylic acids is 1. The van der Waals surface area contributed by atoms with Crippen LogP contribution in [0.25, 0.3) is 6.08 Å². The second-order valence-corrected chi connectivity index (χ2v) is 8.49. The molecule has 2 N–H and O–H groups in total. The van der Waals surface area contributed by atoms with Crippen molar-refractivity contribution in [2.75, 3.05) is 13.7 Å². The molecular formula is C28H39NO5. The van der Waals surface area contributed by atoms with Crippen LogP contribution in [-0.4, -0.2) is 34.9 Å². The molecule has 0 saturated heterocycles. The van der Waals surface area contributed by atoms with Gasteiger partial charge in [-0.15, -0.1) is 0 Å². The molecule has 0 spiro atoms. The summed E-state index contributed by atoms with van der Waals surface area (Å²) in [6.45, 7) is 2.39. The van der Waals surface area contributed by atoms with Crippen molar-refractivity contribution in [3.05, 3.63) is 58.9 Å². The first-order chi connectivity index (χ1) is 16.6. The van der Waals surface area contributed by atoms with Crippen LogP contribution >= 0.6 is 0 Å². The number of benzene rings is 1. The van der Waals surface area contributed by atoms with Gasteiger partial charge in [-0.1, -0.05) is 51.2 Å². The first kappa shape index (κ1) is 27.4. The maximum atomic E-state index is 11.6. The van der Waals surface area contributed by atoms with E-state index in [1.807, 2.05) is 19.1 Å². The van der Waals surface area contributed by atoms with E-state index in [0.29, 0.717) is 35.7 Å². The van der Waals surface area contributed by atoms with E-state index in [0.717, 1.165) is 37.9 Å². The van der Waals surface area contributed by atoms with Crippen LogP contribution in [0, 0.1) is 0 Å². The van der Waals surface area contributed by atoms with Crippen molar-refractivity contribution in [1.29, 1.82) is 0 Å². The molecule has 6 nitrogen and oxygen atoms in total. The average Bonchev–Trinajstić information content (AvgIpc) is 2.86. The Morgan fingerprint density at radius 2 is 1.68 bits per heavy atom. The summed E-state index contributed by atoms with van der Waals surface area (Å²) in [5.41, 5.74) is 2.62. The molecule has 1 heterocycles. The van der Waals surface area contributed by atoms with Gasteiger partial charge in [-0.3, -0.25) is 0 Å². The van der Waals surface area contributed by atoms with Crippen molar-refractivity contribution in [2.24, 2.45) is 0 Å². The summed E-state index contributed by atoms with van der Waals surface area (Å²) in [6.07, 6.45) is 11.7. The fourth-order valence-corrected chi connectivity index (χ4v) is 3.70. The van der Waals surface area contributed by atoms with Gasteiger partial charge in [0.05, 0.1) is 26.0 Å². The molecule has 0 aliphatic rings. The topological polar surface area (TPSA) is 88.9 Å². The van der Waals surface area contributed by atoms with Crippen LogP contribution in [0.15, 0.2) is 42.0 Å². The fourth-order valence-electron chi connectivity index (χ4n) is 3.70. The molecule has 2 aromatic rings. The number of aryl methyl sites for hydroxylation is 1. The molecule has 0 bridgehead atoms. The average molecular weight is 470 g/mol. The van der Waals surface area contributed by atoms with Crippen molar-refractivity contribution >= 4 is 12.0 Å². The standard InChI is InChI=1S/C28H39NO5/c1-3-4-12-23(28(31)32)20-26-27(18-15-24(21-30)29-26)34-19-10-8-6-5-7-9-11-22-13-16-25(33-2)17-14-22/h13-18,20,30H,3-12,19,21H2,1-2H3,(H,31,32)/b23-20+. The van der Waals surface area contributed by atoms with Gasteiger partial charge in [-0.25, -0.2) is 9.78 Å². The van der Waals surface area contributed by atoms with E-state index in [1.165, 1.54) is 31.2 Å². The summed E-state index contributed by atoms with van der Waals surface area (Å²) in [7, 11) is 1.68. The Labute approximate surface area is 203 Å². The lowest BCUT2D eigenvalue weighted by molar-refractivity contribution is -0.132. The first-order valence-electron chi connectivity index (χ1n) is 12.4. The minimum absolute atomic E-state index is 0.197. The number of rotatable bonds is 17. The van der Waals surface area contributed by atoms with Gasteiger partial charge in [0.1, 0.15) is 17.2 Å². The minimum atomic E-state index is -0.942. The normalized spacial score (nSPS) is 11.4. The minimum Gasteiger partial charge on any atom is -0.497 e. The van der Waals surface area contributed by atoms with E-state index in [-0.39, 0.29) is 6.61 Å². The lowest BCUT2D eigenvalue weighted by atomic mass is 10.0. The zero-order valence-electron chi connectivity index (χ0n) is 20.6. The van der Waals surface area contributed by atoms with Gasteiger partial charge in [-0.2, -0.15) is 0 Å². The van der Waals surface area contributed by atoms with Crippen molar-refractivity contribution < 1.29 is 24.5 Å². The predicted octanol–water partition coefficient (Wildman–Crippen LogP) is 6.20. The number of ether oxygens (including phenoxy) is 2. The number of nitrogens with zero attached hydrogens (tertiary/aromatic N) is 1. The van der Waals surface area contributed by atoms with Crippen LogP contribution in [0.1, 0.15) is 81.7 Å². The van der Waals surface area contributed by atoms with Crippen molar-refractivity contribution in [1.82, 2.24) is 4.98 Å². The summed E-state index contributed by atoms with van der Waals surface area (Å²) in [5.74, 6) is 0.516. The molecule has 0 fully saturated rings. The zero-order valence-corrected chi connectivity index (χ0v) is 20.6. The van der Waals surface area contributed by atoms with Crippen LogP contribution in [0.3, 0.4) is 0 Å². The Hall–Kier alpha value is -2.86. The van der Waals surface area contributed by atoms with Crippen LogP contribution in [0.2, 0.25) is 0 Å². The number of aromatic nitrogens is 1. The third kappa shape index (κ3) is 9.96. The highest BCUT2D eigenvalue weighted by molar-refractivity contribution is 5.92. The van der Waals surface area contributed by atoms with E-state index < -0.39 is 5.97 Å². The molecule has 0 atom stereocenters. The summed E-state index contributed by atoms with van der Waals surface area (Å²) in [4.78, 5) is 16.0. The highest BCUT2D eigenvalue weighted by Crippen LogP contribution is 2.23. The van der Waals surface area contributed by atoms with E-state index in [4.69, 9.17) is 9.47 Å². The Bertz CT molecular complexity index is 892. The number of pyridine rings is 1. The largest absolute Gasteiger partial charge is 0.497 e. The number of carboxylic acids is 1. The second-order valence-electron chi connectivity index (χ2n) is 8.49.